The Balaban J connectivity index is 2.20. The van der Waals surface area contributed by atoms with Crippen LogP contribution in [-0.4, -0.2) is 17.0 Å². The number of fused-ring (bicyclic) bond motifs is 3. The SMILES string of the molecule is CC(C)c1ccc2c(c1)C(=O)C=C1C2(C)CCC(O)C1(C)C. The van der Waals surface area contributed by atoms with Gasteiger partial charge >= 0.3 is 0 Å². The van der Waals surface area contributed by atoms with Gasteiger partial charge in [0.1, 0.15) is 0 Å². The van der Waals surface area contributed by atoms with E-state index in [1.165, 1.54) is 5.56 Å². The van der Waals surface area contributed by atoms with Gasteiger partial charge in [0.05, 0.1) is 6.10 Å². The summed E-state index contributed by atoms with van der Waals surface area (Å²) >= 11 is 0. The Morgan fingerprint density at radius 3 is 2.55 bits per heavy atom. The highest BCUT2D eigenvalue weighted by Gasteiger charge is 2.50. The van der Waals surface area contributed by atoms with Gasteiger partial charge in [0, 0.05) is 16.4 Å². The molecule has 3 rings (SSSR count). The van der Waals surface area contributed by atoms with Crippen molar-refractivity contribution in [1.29, 1.82) is 0 Å². The second-order valence-electron chi connectivity index (χ2n) is 7.99. The summed E-state index contributed by atoms with van der Waals surface area (Å²) in [5.41, 5.74) is 3.80. The summed E-state index contributed by atoms with van der Waals surface area (Å²) in [7, 11) is 0. The van der Waals surface area contributed by atoms with Crippen LogP contribution in [-0.2, 0) is 5.41 Å². The van der Waals surface area contributed by atoms with Gasteiger partial charge in [-0.25, -0.2) is 0 Å². The zero-order valence-electron chi connectivity index (χ0n) is 14.2. The summed E-state index contributed by atoms with van der Waals surface area (Å²) in [4.78, 5) is 12.7. The lowest BCUT2D eigenvalue weighted by Gasteiger charge is -2.51. The predicted molar refractivity (Wildman–Crippen MR) is 89.3 cm³/mol. The molecule has 0 saturated heterocycles. The molecule has 1 aromatic carbocycles. The Morgan fingerprint density at radius 1 is 1.23 bits per heavy atom. The zero-order valence-corrected chi connectivity index (χ0v) is 14.2. The van der Waals surface area contributed by atoms with Crippen molar-refractivity contribution < 1.29 is 9.90 Å². The Labute approximate surface area is 133 Å². The molecule has 0 aromatic heterocycles. The lowest BCUT2D eigenvalue weighted by Crippen LogP contribution is -2.48. The predicted octanol–water partition coefficient (Wildman–Crippen LogP) is 4.37. The quantitative estimate of drug-likeness (QED) is 0.836. The van der Waals surface area contributed by atoms with Crippen LogP contribution in [0.15, 0.2) is 29.8 Å². The molecule has 0 bridgehead atoms. The number of benzene rings is 1. The molecule has 0 spiro atoms. The maximum atomic E-state index is 12.7. The summed E-state index contributed by atoms with van der Waals surface area (Å²) in [6, 6.07) is 6.37. The Bertz CT molecular complexity index is 666. The molecule has 22 heavy (non-hydrogen) atoms. The first-order valence-corrected chi connectivity index (χ1v) is 8.27. The first-order valence-electron chi connectivity index (χ1n) is 8.27. The summed E-state index contributed by atoms with van der Waals surface area (Å²) in [5.74, 6) is 0.507. The van der Waals surface area contributed by atoms with Crippen molar-refractivity contribution in [2.75, 3.05) is 0 Å². The van der Waals surface area contributed by atoms with Crippen LogP contribution >= 0.6 is 0 Å². The minimum atomic E-state index is -0.379. The minimum Gasteiger partial charge on any atom is -0.392 e. The lowest BCUT2D eigenvalue weighted by molar-refractivity contribution is 0.0285. The molecule has 118 valence electrons. The fourth-order valence-electron chi connectivity index (χ4n) is 4.25. The molecular weight excluding hydrogens is 272 g/mol. The summed E-state index contributed by atoms with van der Waals surface area (Å²) < 4.78 is 0. The normalized spacial score (nSPS) is 29.9. The second-order valence-corrected chi connectivity index (χ2v) is 7.99. The van der Waals surface area contributed by atoms with Crippen LogP contribution in [0.4, 0.5) is 0 Å². The van der Waals surface area contributed by atoms with Crippen LogP contribution in [0.2, 0.25) is 0 Å². The third-order valence-corrected chi connectivity index (χ3v) is 5.89. The van der Waals surface area contributed by atoms with Crippen molar-refractivity contribution in [3.8, 4) is 0 Å². The molecule has 2 atom stereocenters. The van der Waals surface area contributed by atoms with E-state index < -0.39 is 0 Å². The largest absolute Gasteiger partial charge is 0.392 e. The standard InChI is InChI=1S/C20H26O2/c1-12(2)13-6-7-15-14(10-13)16(21)11-17-19(3,4)18(22)8-9-20(15,17)5/h6-7,10-12,18,22H,8-9H2,1-5H3. The summed E-state index contributed by atoms with van der Waals surface area (Å²) in [6.45, 7) is 10.6. The van der Waals surface area contributed by atoms with Gasteiger partial charge in [-0.05, 0) is 47.6 Å². The molecule has 0 amide bonds. The topological polar surface area (TPSA) is 37.3 Å². The lowest BCUT2D eigenvalue weighted by atomic mass is 9.54. The van der Waals surface area contributed by atoms with E-state index in [0.717, 1.165) is 29.5 Å². The number of hydrogen-bond donors (Lipinski definition) is 1. The van der Waals surface area contributed by atoms with Crippen LogP contribution in [0.1, 0.15) is 74.9 Å². The molecule has 0 heterocycles. The monoisotopic (exact) mass is 298 g/mol. The molecule has 2 aliphatic rings. The van der Waals surface area contributed by atoms with Crippen molar-refractivity contribution in [1.82, 2.24) is 0 Å². The van der Waals surface area contributed by atoms with Crippen LogP contribution in [0.25, 0.3) is 0 Å². The van der Waals surface area contributed by atoms with Gasteiger partial charge < -0.3 is 5.11 Å². The van der Waals surface area contributed by atoms with Crippen molar-refractivity contribution in [2.45, 2.75) is 64.9 Å². The molecule has 1 N–H and O–H groups in total. The van der Waals surface area contributed by atoms with Crippen molar-refractivity contribution in [2.24, 2.45) is 5.41 Å². The van der Waals surface area contributed by atoms with Gasteiger partial charge in [-0.1, -0.05) is 46.8 Å². The van der Waals surface area contributed by atoms with E-state index in [-0.39, 0.29) is 22.7 Å². The number of carbonyl (C=O) groups is 1. The van der Waals surface area contributed by atoms with Gasteiger partial charge in [0.15, 0.2) is 5.78 Å². The number of ketones is 1. The van der Waals surface area contributed by atoms with Crippen LogP contribution < -0.4 is 0 Å². The number of allylic oxidation sites excluding steroid dienone is 1. The molecule has 0 radical (unpaired) electrons. The van der Waals surface area contributed by atoms with Crippen LogP contribution in [0.5, 0.6) is 0 Å². The first kappa shape index (κ1) is 15.5. The number of hydrogen-bond acceptors (Lipinski definition) is 2. The van der Waals surface area contributed by atoms with Gasteiger partial charge in [-0.15, -0.1) is 0 Å². The molecule has 1 aromatic rings. The van der Waals surface area contributed by atoms with Gasteiger partial charge in [0.2, 0.25) is 0 Å². The van der Waals surface area contributed by atoms with E-state index in [1.54, 1.807) is 6.08 Å². The Hall–Kier alpha value is -1.41. The molecule has 1 fully saturated rings. The molecular formula is C20H26O2. The van der Waals surface area contributed by atoms with E-state index in [1.807, 2.05) is 0 Å². The number of aliphatic hydroxyl groups excluding tert-OH is 1. The fourth-order valence-corrected chi connectivity index (χ4v) is 4.25. The van der Waals surface area contributed by atoms with Crippen LogP contribution in [0.3, 0.4) is 0 Å². The van der Waals surface area contributed by atoms with Crippen LogP contribution in [0, 0.1) is 5.41 Å². The number of carbonyl (C=O) groups excluding carboxylic acids is 1. The summed E-state index contributed by atoms with van der Waals surface area (Å²) in [5, 5.41) is 10.4. The third-order valence-electron chi connectivity index (χ3n) is 5.89. The van der Waals surface area contributed by atoms with Crippen molar-refractivity contribution in [3.05, 3.63) is 46.5 Å². The minimum absolute atomic E-state index is 0.0900. The van der Waals surface area contributed by atoms with Gasteiger partial charge in [-0.2, -0.15) is 0 Å². The maximum absolute atomic E-state index is 12.7. The second kappa shape index (κ2) is 4.79. The average Bonchev–Trinajstić information content (AvgIpc) is 2.46. The van der Waals surface area contributed by atoms with E-state index >= 15 is 0 Å². The van der Waals surface area contributed by atoms with E-state index in [2.05, 4.69) is 52.8 Å². The molecule has 1 saturated carbocycles. The molecule has 2 unspecified atom stereocenters. The van der Waals surface area contributed by atoms with Gasteiger partial charge in [0.25, 0.3) is 0 Å². The highest BCUT2D eigenvalue weighted by molar-refractivity contribution is 6.08. The maximum Gasteiger partial charge on any atom is 0.186 e. The smallest absolute Gasteiger partial charge is 0.186 e. The Morgan fingerprint density at radius 2 is 1.91 bits per heavy atom. The number of aliphatic hydroxyl groups is 1. The average molecular weight is 298 g/mol. The molecule has 2 aliphatic carbocycles. The van der Waals surface area contributed by atoms with E-state index in [9.17, 15) is 9.90 Å². The third kappa shape index (κ3) is 2.00. The Kier molecular flexibility index (Phi) is 3.37. The highest BCUT2D eigenvalue weighted by atomic mass is 16.3. The van der Waals surface area contributed by atoms with Crippen molar-refractivity contribution in [3.63, 3.8) is 0 Å². The highest BCUT2D eigenvalue weighted by Crippen LogP contribution is 2.54. The molecule has 0 aliphatic heterocycles. The molecule has 2 heteroatoms. The first-order chi connectivity index (χ1) is 10.2. The molecule has 2 nitrogen and oxygen atoms in total. The number of rotatable bonds is 1. The van der Waals surface area contributed by atoms with Gasteiger partial charge in [-0.3, -0.25) is 4.79 Å². The summed E-state index contributed by atoms with van der Waals surface area (Å²) in [6.07, 6.45) is 3.09. The van der Waals surface area contributed by atoms with E-state index in [4.69, 9.17) is 0 Å². The zero-order chi connectivity index (χ0) is 16.3. The van der Waals surface area contributed by atoms with Crippen molar-refractivity contribution >= 4 is 5.78 Å². The fraction of sp³-hybridized carbons (Fsp3) is 0.550. The van der Waals surface area contributed by atoms with E-state index in [0.29, 0.717) is 5.92 Å².